The predicted molar refractivity (Wildman–Crippen MR) is 44.7 cm³/mol. The van der Waals surface area contributed by atoms with Crippen LogP contribution in [0.1, 0.15) is 12.8 Å². The van der Waals surface area contributed by atoms with Crippen molar-refractivity contribution in [3.05, 3.63) is 11.8 Å². The molecule has 0 radical (unpaired) electrons. The molecule has 0 N–H and O–H groups in total. The van der Waals surface area contributed by atoms with Crippen molar-refractivity contribution in [3.63, 3.8) is 0 Å². The minimum absolute atomic E-state index is 0.0409. The molecule has 3 nitrogen and oxygen atoms in total. The van der Waals surface area contributed by atoms with Gasteiger partial charge in [0.15, 0.2) is 0 Å². The summed E-state index contributed by atoms with van der Waals surface area (Å²) in [6.45, 7) is 0.910. The monoisotopic (exact) mass is 161 g/mol. The highest BCUT2D eigenvalue weighted by molar-refractivity contribution is 5.19. The molecule has 0 saturated heterocycles. The molecule has 1 unspecified atom stereocenters. The second-order valence-corrected chi connectivity index (χ2v) is 2.99. The summed E-state index contributed by atoms with van der Waals surface area (Å²) in [5.74, 6) is -0.0409. The molecular weight excluding hydrogens is 150 g/mol. The molecule has 1 rings (SSSR count). The highest BCUT2D eigenvalue weighted by atomic mass is 15.1. The van der Waals surface area contributed by atoms with Crippen molar-refractivity contribution >= 4 is 0 Å². The maximum Gasteiger partial charge on any atom is 0.0716 e. The average molecular weight is 161 g/mol. The molecule has 1 atom stereocenters. The normalized spacial score (nSPS) is 22.4. The summed E-state index contributed by atoms with van der Waals surface area (Å²) in [5.41, 5.74) is 0.953. The fraction of sp³-hybridized carbons (Fsp3) is 0.556. The van der Waals surface area contributed by atoms with E-state index in [2.05, 4.69) is 12.1 Å². The molecule has 0 bridgehead atoms. The van der Waals surface area contributed by atoms with Crippen LogP contribution in [0.4, 0.5) is 0 Å². The quantitative estimate of drug-likeness (QED) is 0.581. The summed E-state index contributed by atoms with van der Waals surface area (Å²) in [6, 6.07) is 4.29. The Morgan fingerprint density at radius 2 is 2.42 bits per heavy atom. The molecule has 0 saturated carbocycles. The molecule has 0 fully saturated rings. The Morgan fingerprint density at radius 3 is 3.00 bits per heavy atom. The van der Waals surface area contributed by atoms with Crippen molar-refractivity contribution < 1.29 is 0 Å². The number of hydrogen-bond acceptors (Lipinski definition) is 3. The summed E-state index contributed by atoms with van der Waals surface area (Å²) >= 11 is 0. The lowest BCUT2D eigenvalue weighted by molar-refractivity contribution is 0.388. The molecule has 1 heterocycles. The van der Waals surface area contributed by atoms with Gasteiger partial charge in [-0.2, -0.15) is 10.5 Å². The Balaban J connectivity index is 2.76. The number of hydrogen-bond donors (Lipinski definition) is 0. The van der Waals surface area contributed by atoms with Crippen LogP contribution in [0, 0.1) is 28.6 Å². The zero-order valence-electron chi connectivity index (χ0n) is 7.12. The van der Waals surface area contributed by atoms with Crippen molar-refractivity contribution in [3.8, 4) is 12.1 Å². The third-order valence-electron chi connectivity index (χ3n) is 2.04. The zero-order chi connectivity index (χ0) is 8.97. The number of nitriles is 2. The van der Waals surface area contributed by atoms with Gasteiger partial charge in [-0.05, 0) is 12.0 Å². The molecule has 3 heteroatoms. The van der Waals surface area contributed by atoms with Crippen LogP contribution in [-0.2, 0) is 0 Å². The lowest BCUT2D eigenvalue weighted by Gasteiger charge is -2.24. The minimum atomic E-state index is -0.0409. The fourth-order valence-corrected chi connectivity index (χ4v) is 1.36. The van der Waals surface area contributed by atoms with Gasteiger partial charge < -0.3 is 4.90 Å². The lowest BCUT2D eigenvalue weighted by Crippen LogP contribution is -2.23. The van der Waals surface area contributed by atoms with Gasteiger partial charge in [0.1, 0.15) is 0 Å². The largest absolute Gasteiger partial charge is 0.380 e. The van der Waals surface area contributed by atoms with Crippen LogP contribution in [0.5, 0.6) is 0 Å². The van der Waals surface area contributed by atoms with Crippen LogP contribution >= 0.6 is 0 Å². The Labute approximate surface area is 72.5 Å². The van der Waals surface area contributed by atoms with Gasteiger partial charge in [0.2, 0.25) is 0 Å². The maximum absolute atomic E-state index is 8.76. The molecular formula is C9H11N3. The first-order valence-corrected chi connectivity index (χ1v) is 3.95. The highest BCUT2D eigenvalue weighted by Crippen LogP contribution is 2.22. The Hall–Kier alpha value is -1.48. The van der Waals surface area contributed by atoms with Gasteiger partial charge >= 0.3 is 0 Å². The third-order valence-corrected chi connectivity index (χ3v) is 2.04. The molecule has 1 aliphatic heterocycles. The van der Waals surface area contributed by atoms with Crippen molar-refractivity contribution in [2.24, 2.45) is 5.92 Å². The smallest absolute Gasteiger partial charge is 0.0716 e. The van der Waals surface area contributed by atoms with Crippen LogP contribution in [0.3, 0.4) is 0 Å². The summed E-state index contributed by atoms with van der Waals surface area (Å²) in [7, 11) is 1.96. The second-order valence-electron chi connectivity index (χ2n) is 2.99. The van der Waals surface area contributed by atoms with E-state index in [1.165, 1.54) is 0 Å². The van der Waals surface area contributed by atoms with Gasteiger partial charge in [-0.25, -0.2) is 0 Å². The van der Waals surface area contributed by atoms with Crippen LogP contribution in [0.2, 0.25) is 0 Å². The topological polar surface area (TPSA) is 50.8 Å². The van der Waals surface area contributed by atoms with E-state index >= 15 is 0 Å². The summed E-state index contributed by atoms with van der Waals surface area (Å²) in [5, 5.41) is 17.3. The predicted octanol–water partition coefficient (Wildman–Crippen LogP) is 1.26. The molecule has 62 valence electrons. The van der Waals surface area contributed by atoms with Crippen LogP contribution in [-0.4, -0.2) is 18.5 Å². The van der Waals surface area contributed by atoms with E-state index in [-0.39, 0.29) is 5.92 Å². The van der Waals surface area contributed by atoms with E-state index in [9.17, 15) is 0 Å². The van der Waals surface area contributed by atoms with Gasteiger partial charge in [0.05, 0.1) is 24.5 Å². The fourth-order valence-electron chi connectivity index (χ4n) is 1.36. The van der Waals surface area contributed by atoms with E-state index in [0.717, 1.165) is 18.5 Å². The maximum atomic E-state index is 8.76. The number of rotatable bonds is 1. The Kier molecular flexibility index (Phi) is 2.71. The van der Waals surface area contributed by atoms with Gasteiger partial charge in [0, 0.05) is 19.8 Å². The first-order valence-electron chi connectivity index (χ1n) is 3.95. The first-order chi connectivity index (χ1) is 5.77. The van der Waals surface area contributed by atoms with Gasteiger partial charge in [0.25, 0.3) is 0 Å². The highest BCUT2D eigenvalue weighted by Gasteiger charge is 2.18. The van der Waals surface area contributed by atoms with Crippen molar-refractivity contribution in [2.45, 2.75) is 12.8 Å². The molecule has 0 aliphatic carbocycles. The summed E-state index contributed by atoms with van der Waals surface area (Å²) in [6.07, 6.45) is 3.14. The Bertz CT molecular complexity index is 266. The second kappa shape index (κ2) is 3.78. The van der Waals surface area contributed by atoms with Crippen molar-refractivity contribution in [1.29, 1.82) is 10.5 Å². The molecule has 0 amide bonds. The van der Waals surface area contributed by atoms with E-state index in [1.807, 2.05) is 18.1 Å². The minimum Gasteiger partial charge on any atom is -0.380 e. The summed E-state index contributed by atoms with van der Waals surface area (Å²) < 4.78 is 0. The molecule has 12 heavy (non-hydrogen) atoms. The van der Waals surface area contributed by atoms with Crippen LogP contribution in [0.15, 0.2) is 11.8 Å². The van der Waals surface area contributed by atoms with Gasteiger partial charge in [-0.1, -0.05) is 0 Å². The molecule has 0 aromatic heterocycles. The lowest BCUT2D eigenvalue weighted by atomic mass is 9.93. The molecule has 0 aromatic rings. The van der Waals surface area contributed by atoms with Gasteiger partial charge in [-0.3, -0.25) is 0 Å². The molecule has 0 aromatic carbocycles. The first kappa shape index (κ1) is 8.62. The average Bonchev–Trinajstić information content (AvgIpc) is 2.05. The van der Waals surface area contributed by atoms with Crippen molar-refractivity contribution in [1.82, 2.24) is 4.90 Å². The zero-order valence-corrected chi connectivity index (χ0v) is 7.12. The summed E-state index contributed by atoms with van der Waals surface area (Å²) in [4.78, 5) is 2.03. The molecule has 0 spiro atoms. The van der Waals surface area contributed by atoms with E-state index in [1.54, 1.807) is 0 Å². The number of allylic oxidation sites excluding steroid dienone is 1. The van der Waals surface area contributed by atoms with E-state index in [4.69, 9.17) is 10.5 Å². The van der Waals surface area contributed by atoms with Gasteiger partial charge in [-0.15, -0.1) is 0 Å². The van der Waals surface area contributed by atoms with Crippen LogP contribution in [0.25, 0.3) is 0 Å². The van der Waals surface area contributed by atoms with Crippen LogP contribution < -0.4 is 0 Å². The SMILES string of the molecule is CN1C=C(CC#N)C(C#N)CC1. The standard InChI is InChI=1S/C9H11N3/c1-12-5-3-8(6-11)9(7-12)2-4-10/h7-8H,2-3,5H2,1H3. The third kappa shape index (κ3) is 1.77. The molecule has 1 aliphatic rings. The van der Waals surface area contributed by atoms with E-state index in [0.29, 0.717) is 6.42 Å². The Morgan fingerprint density at radius 1 is 1.67 bits per heavy atom. The van der Waals surface area contributed by atoms with E-state index < -0.39 is 0 Å². The number of nitrogens with zero attached hydrogens (tertiary/aromatic N) is 3. The van der Waals surface area contributed by atoms with Crippen molar-refractivity contribution in [2.75, 3.05) is 13.6 Å².